The third-order valence-corrected chi connectivity index (χ3v) is 6.38. The number of ether oxygens (including phenoxy) is 2. The summed E-state index contributed by atoms with van der Waals surface area (Å²) in [5.74, 6) is 0.407. The first kappa shape index (κ1) is 21.6. The predicted octanol–water partition coefficient (Wildman–Crippen LogP) is 3.39. The van der Waals surface area contributed by atoms with E-state index >= 15 is 0 Å². The minimum absolute atomic E-state index is 0.210. The van der Waals surface area contributed by atoms with E-state index in [9.17, 15) is 12.8 Å². The highest BCUT2D eigenvalue weighted by atomic mass is 32.2. The second kappa shape index (κ2) is 8.31. The lowest BCUT2D eigenvalue weighted by atomic mass is 10.2. The van der Waals surface area contributed by atoms with Gasteiger partial charge in [-0.1, -0.05) is 6.92 Å². The predicted molar refractivity (Wildman–Crippen MR) is 114 cm³/mol. The number of hydrogen-bond acceptors (Lipinski definition) is 8. The molecule has 3 rings (SSSR count). The van der Waals surface area contributed by atoms with Gasteiger partial charge in [-0.2, -0.15) is 0 Å². The summed E-state index contributed by atoms with van der Waals surface area (Å²) in [5.41, 5.74) is 1.46. The van der Waals surface area contributed by atoms with Crippen molar-refractivity contribution in [2.45, 2.75) is 11.8 Å². The van der Waals surface area contributed by atoms with Crippen LogP contribution in [0.25, 0.3) is 10.9 Å². The molecule has 10 heteroatoms. The molecule has 0 atom stereocenters. The van der Waals surface area contributed by atoms with Crippen LogP contribution >= 0.6 is 0 Å². The number of halogens is 1. The van der Waals surface area contributed by atoms with E-state index in [0.29, 0.717) is 39.6 Å². The van der Waals surface area contributed by atoms with E-state index < -0.39 is 15.7 Å². The van der Waals surface area contributed by atoms with Crippen LogP contribution in [0.15, 0.2) is 35.5 Å². The molecule has 3 aromatic rings. The molecule has 1 N–H and O–H groups in total. The molecule has 1 aromatic heterocycles. The molecule has 0 aliphatic rings. The fourth-order valence-electron chi connectivity index (χ4n) is 3.02. The first-order chi connectivity index (χ1) is 14.2. The number of rotatable bonds is 7. The molecular weight excluding hydrogens is 411 g/mol. The van der Waals surface area contributed by atoms with Crippen LogP contribution in [0.1, 0.15) is 6.92 Å². The minimum atomic E-state index is -3.75. The molecule has 0 spiro atoms. The Labute approximate surface area is 174 Å². The molecule has 0 saturated carbocycles. The summed E-state index contributed by atoms with van der Waals surface area (Å²) in [7, 11) is 2.77. The van der Waals surface area contributed by atoms with Gasteiger partial charge in [0.1, 0.15) is 22.9 Å². The summed E-state index contributed by atoms with van der Waals surface area (Å²) in [5, 5.41) is 3.76. The average Bonchev–Trinajstić information content (AvgIpc) is 2.73. The SMILES string of the molecule is CCS(=O)(=O)c1cc(Nc2ncnc3cc(OC)c(OC)cc23)c(N(C)C)cc1F. The number of nitrogens with one attached hydrogen (secondary N) is 1. The van der Waals surface area contributed by atoms with Gasteiger partial charge in [-0.25, -0.2) is 22.8 Å². The van der Waals surface area contributed by atoms with E-state index in [1.807, 2.05) is 0 Å². The topological polar surface area (TPSA) is 93.7 Å². The first-order valence-corrected chi connectivity index (χ1v) is 10.7. The maximum atomic E-state index is 14.6. The highest BCUT2D eigenvalue weighted by molar-refractivity contribution is 7.91. The van der Waals surface area contributed by atoms with Crippen LogP contribution in [0.4, 0.5) is 21.6 Å². The molecule has 0 bridgehead atoms. The number of methoxy groups -OCH3 is 2. The van der Waals surface area contributed by atoms with Gasteiger partial charge in [0, 0.05) is 31.6 Å². The quantitative estimate of drug-likeness (QED) is 0.605. The fraction of sp³-hybridized carbons (Fsp3) is 0.300. The lowest BCUT2D eigenvalue weighted by Crippen LogP contribution is -2.14. The second-order valence-corrected chi connectivity index (χ2v) is 8.92. The Balaban J connectivity index is 2.20. The zero-order valence-corrected chi connectivity index (χ0v) is 18.2. The molecule has 0 unspecified atom stereocenters. The van der Waals surface area contributed by atoms with E-state index in [4.69, 9.17) is 9.47 Å². The van der Waals surface area contributed by atoms with Gasteiger partial charge >= 0.3 is 0 Å². The number of fused-ring (bicyclic) bond motifs is 1. The van der Waals surface area contributed by atoms with Gasteiger partial charge in [0.2, 0.25) is 0 Å². The van der Waals surface area contributed by atoms with Crippen LogP contribution in [0.2, 0.25) is 0 Å². The fourth-order valence-corrected chi connectivity index (χ4v) is 3.98. The highest BCUT2D eigenvalue weighted by Crippen LogP contribution is 2.37. The average molecular weight is 434 g/mol. The van der Waals surface area contributed by atoms with Crippen molar-refractivity contribution in [3.63, 3.8) is 0 Å². The number of hydrogen-bond donors (Lipinski definition) is 1. The van der Waals surface area contributed by atoms with Crippen LogP contribution in [-0.2, 0) is 9.84 Å². The van der Waals surface area contributed by atoms with Gasteiger partial charge in [-0.15, -0.1) is 0 Å². The lowest BCUT2D eigenvalue weighted by Gasteiger charge is -2.20. The first-order valence-electron chi connectivity index (χ1n) is 9.09. The normalized spacial score (nSPS) is 11.4. The van der Waals surface area contributed by atoms with Crippen molar-refractivity contribution >= 4 is 37.9 Å². The zero-order valence-electron chi connectivity index (χ0n) is 17.4. The van der Waals surface area contributed by atoms with Crippen molar-refractivity contribution in [2.24, 2.45) is 0 Å². The number of aromatic nitrogens is 2. The zero-order chi connectivity index (χ0) is 22.1. The van der Waals surface area contributed by atoms with Crippen LogP contribution in [0.3, 0.4) is 0 Å². The van der Waals surface area contributed by atoms with Crippen LogP contribution in [0, 0.1) is 5.82 Å². The Morgan fingerprint density at radius 2 is 1.73 bits per heavy atom. The summed E-state index contributed by atoms with van der Waals surface area (Å²) >= 11 is 0. The van der Waals surface area contributed by atoms with E-state index in [-0.39, 0.29) is 10.6 Å². The second-order valence-electron chi connectivity index (χ2n) is 6.67. The summed E-state index contributed by atoms with van der Waals surface area (Å²) in [6.07, 6.45) is 1.37. The number of benzene rings is 2. The third kappa shape index (κ3) is 3.95. The number of nitrogens with zero attached hydrogens (tertiary/aromatic N) is 3. The van der Waals surface area contributed by atoms with Crippen molar-refractivity contribution in [3.8, 4) is 11.5 Å². The lowest BCUT2D eigenvalue weighted by molar-refractivity contribution is 0.356. The Kier molecular flexibility index (Phi) is 5.97. The molecule has 160 valence electrons. The standard InChI is InChI=1S/C20H23FN4O4S/c1-6-30(26,27)19-10-15(16(25(2)3)8-13(19)21)24-20-12-7-17(28-4)18(29-5)9-14(12)22-11-23-20/h7-11H,6H2,1-5H3,(H,22,23,24). The molecule has 0 amide bonds. The molecule has 30 heavy (non-hydrogen) atoms. The van der Waals surface area contributed by atoms with Crippen LogP contribution in [0.5, 0.6) is 11.5 Å². The molecule has 0 radical (unpaired) electrons. The van der Waals surface area contributed by atoms with Gasteiger partial charge in [-0.3, -0.25) is 0 Å². The number of sulfone groups is 1. The maximum Gasteiger partial charge on any atom is 0.181 e. The van der Waals surface area contributed by atoms with Crippen molar-refractivity contribution in [1.82, 2.24) is 9.97 Å². The van der Waals surface area contributed by atoms with Crippen molar-refractivity contribution in [3.05, 3.63) is 36.4 Å². The van der Waals surface area contributed by atoms with E-state index in [1.54, 1.807) is 31.1 Å². The Morgan fingerprint density at radius 3 is 2.33 bits per heavy atom. The highest BCUT2D eigenvalue weighted by Gasteiger charge is 2.22. The minimum Gasteiger partial charge on any atom is -0.493 e. The summed E-state index contributed by atoms with van der Waals surface area (Å²) < 4.78 is 49.9. The van der Waals surface area contributed by atoms with E-state index in [1.165, 1.54) is 39.6 Å². The molecule has 8 nitrogen and oxygen atoms in total. The van der Waals surface area contributed by atoms with E-state index in [2.05, 4.69) is 15.3 Å². The van der Waals surface area contributed by atoms with Crippen molar-refractivity contribution < 1.29 is 22.3 Å². The monoisotopic (exact) mass is 434 g/mol. The van der Waals surface area contributed by atoms with Gasteiger partial charge in [0.25, 0.3) is 0 Å². The van der Waals surface area contributed by atoms with Gasteiger partial charge in [-0.05, 0) is 12.1 Å². The molecule has 0 aliphatic carbocycles. The molecule has 1 heterocycles. The number of anilines is 3. The third-order valence-electron chi connectivity index (χ3n) is 4.64. The van der Waals surface area contributed by atoms with Gasteiger partial charge in [0.15, 0.2) is 21.3 Å². The van der Waals surface area contributed by atoms with Gasteiger partial charge in [0.05, 0.1) is 36.9 Å². The Bertz CT molecular complexity index is 1200. The van der Waals surface area contributed by atoms with Crippen molar-refractivity contribution in [1.29, 1.82) is 0 Å². The van der Waals surface area contributed by atoms with Crippen LogP contribution < -0.4 is 19.7 Å². The Morgan fingerprint density at radius 1 is 1.07 bits per heavy atom. The summed E-state index contributed by atoms with van der Waals surface area (Å²) in [6, 6.07) is 5.92. The summed E-state index contributed by atoms with van der Waals surface area (Å²) in [4.78, 5) is 9.86. The molecule has 0 saturated heterocycles. The Hall–Kier alpha value is -3.14. The summed E-state index contributed by atoms with van der Waals surface area (Å²) in [6.45, 7) is 1.47. The smallest absolute Gasteiger partial charge is 0.181 e. The van der Waals surface area contributed by atoms with Gasteiger partial charge < -0.3 is 19.7 Å². The molecular formula is C20H23FN4O4S. The molecule has 2 aromatic carbocycles. The van der Waals surface area contributed by atoms with Crippen LogP contribution in [-0.4, -0.2) is 52.5 Å². The molecule has 0 aliphatic heterocycles. The maximum absolute atomic E-state index is 14.6. The largest absolute Gasteiger partial charge is 0.493 e. The molecule has 0 fully saturated rings. The van der Waals surface area contributed by atoms with E-state index in [0.717, 1.165) is 0 Å². The van der Waals surface area contributed by atoms with Crippen molar-refractivity contribution in [2.75, 3.05) is 44.3 Å².